The van der Waals surface area contributed by atoms with Gasteiger partial charge in [0.15, 0.2) is 0 Å². The number of oxazole rings is 1. The van der Waals surface area contributed by atoms with E-state index in [1.54, 1.807) is 12.5 Å². The Morgan fingerprint density at radius 1 is 0.950 bits per heavy atom. The molecule has 0 saturated heterocycles. The van der Waals surface area contributed by atoms with Gasteiger partial charge in [-0.05, 0) is 54.7 Å². The van der Waals surface area contributed by atoms with Crippen molar-refractivity contribution < 1.29 is 4.42 Å². The fraction of sp³-hybridized carbons (Fsp3) is 0.167. The molecule has 0 atom stereocenters. The average molecular weight is 263 g/mol. The van der Waals surface area contributed by atoms with Crippen LogP contribution in [0.4, 0.5) is 0 Å². The van der Waals surface area contributed by atoms with Crippen molar-refractivity contribution in [1.29, 1.82) is 0 Å². The van der Waals surface area contributed by atoms with E-state index in [9.17, 15) is 0 Å². The maximum absolute atomic E-state index is 5.52. The van der Waals surface area contributed by atoms with Gasteiger partial charge in [0.05, 0.1) is 6.20 Å². The van der Waals surface area contributed by atoms with Crippen LogP contribution in [0.5, 0.6) is 0 Å². The number of rotatable bonds is 2. The van der Waals surface area contributed by atoms with Crippen LogP contribution in [-0.2, 0) is 0 Å². The summed E-state index contributed by atoms with van der Waals surface area (Å²) in [6.45, 7) is 6.46. The van der Waals surface area contributed by atoms with Crippen LogP contribution in [0.1, 0.15) is 16.7 Å². The lowest BCUT2D eigenvalue weighted by molar-refractivity contribution is 0.574. The number of benzene rings is 2. The third-order valence-corrected chi connectivity index (χ3v) is 3.88. The molecule has 100 valence electrons. The zero-order valence-electron chi connectivity index (χ0n) is 12.0. The minimum absolute atomic E-state index is 0.676. The molecule has 0 saturated carbocycles. The molecule has 3 aromatic rings. The first-order valence-electron chi connectivity index (χ1n) is 6.74. The van der Waals surface area contributed by atoms with Crippen molar-refractivity contribution in [3.8, 4) is 22.6 Å². The lowest BCUT2D eigenvalue weighted by atomic mass is 9.89. The minimum Gasteiger partial charge on any atom is -0.445 e. The molecule has 0 amide bonds. The number of aromatic nitrogens is 1. The molecular formula is C18H17NO. The molecular weight excluding hydrogens is 246 g/mol. The highest BCUT2D eigenvalue weighted by Gasteiger charge is 2.16. The molecule has 0 bridgehead atoms. The summed E-state index contributed by atoms with van der Waals surface area (Å²) in [5.74, 6) is 0.676. The van der Waals surface area contributed by atoms with Gasteiger partial charge in [-0.3, -0.25) is 0 Å². The third kappa shape index (κ3) is 2.03. The van der Waals surface area contributed by atoms with Gasteiger partial charge in [0.25, 0.3) is 0 Å². The topological polar surface area (TPSA) is 26.0 Å². The van der Waals surface area contributed by atoms with E-state index in [1.165, 1.54) is 27.8 Å². The quantitative estimate of drug-likeness (QED) is 0.655. The molecule has 2 heteroatoms. The summed E-state index contributed by atoms with van der Waals surface area (Å²) in [4.78, 5) is 4.32. The number of aryl methyl sites for hydroxylation is 1. The highest BCUT2D eigenvalue weighted by molar-refractivity contribution is 5.84. The Kier molecular flexibility index (Phi) is 3.15. The summed E-state index contributed by atoms with van der Waals surface area (Å²) in [6.07, 6.45) is 3.31. The third-order valence-electron chi connectivity index (χ3n) is 3.88. The molecule has 2 nitrogen and oxygen atoms in total. The van der Waals surface area contributed by atoms with Crippen molar-refractivity contribution in [2.24, 2.45) is 0 Å². The molecule has 0 aliphatic carbocycles. The number of hydrogen-bond acceptors (Lipinski definition) is 2. The van der Waals surface area contributed by atoms with Crippen LogP contribution < -0.4 is 0 Å². The van der Waals surface area contributed by atoms with Crippen molar-refractivity contribution in [2.45, 2.75) is 20.8 Å². The molecule has 0 aliphatic rings. The molecule has 0 aliphatic heterocycles. The molecule has 1 heterocycles. The molecule has 0 unspecified atom stereocenters. The lowest BCUT2D eigenvalue weighted by Gasteiger charge is -2.15. The van der Waals surface area contributed by atoms with Crippen molar-refractivity contribution in [1.82, 2.24) is 4.98 Å². The summed E-state index contributed by atoms with van der Waals surface area (Å²) >= 11 is 0. The minimum atomic E-state index is 0.676. The van der Waals surface area contributed by atoms with Crippen LogP contribution in [0, 0.1) is 20.8 Å². The molecule has 0 N–H and O–H groups in total. The highest BCUT2D eigenvalue weighted by Crippen LogP contribution is 2.36. The van der Waals surface area contributed by atoms with E-state index >= 15 is 0 Å². The molecule has 20 heavy (non-hydrogen) atoms. The van der Waals surface area contributed by atoms with E-state index in [2.05, 4.69) is 56.1 Å². The molecule has 0 radical (unpaired) electrons. The Morgan fingerprint density at radius 2 is 1.70 bits per heavy atom. The maximum atomic E-state index is 5.52. The van der Waals surface area contributed by atoms with Crippen molar-refractivity contribution in [3.63, 3.8) is 0 Å². The van der Waals surface area contributed by atoms with E-state index in [0.717, 1.165) is 5.56 Å². The number of nitrogens with zero attached hydrogens (tertiary/aromatic N) is 1. The second kappa shape index (κ2) is 4.97. The Balaban J connectivity index is 2.34. The molecule has 2 aromatic carbocycles. The van der Waals surface area contributed by atoms with Gasteiger partial charge in [0, 0.05) is 5.56 Å². The molecule has 0 spiro atoms. The van der Waals surface area contributed by atoms with Gasteiger partial charge in [-0.25, -0.2) is 4.98 Å². The highest BCUT2D eigenvalue weighted by atomic mass is 16.3. The smallest absolute Gasteiger partial charge is 0.226 e. The van der Waals surface area contributed by atoms with Gasteiger partial charge in [-0.15, -0.1) is 0 Å². The van der Waals surface area contributed by atoms with Crippen LogP contribution in [0.15, 0.2) is 53.3 Å². The summed E-state index contributed by atoms with van der Waals surface area (Å²) in [6, 6.07) is 12.6. The summed E-state index contributed by atoms with van der Waals surface area (Å²) in [5, 5.41) is 0. The molecule has 1 aromatic heterocycles. The zero-order chi connectivity index (χ0) is 14.1. The predicted molar refractivity (Wildman–Crippen MR) is 81.6 cm³/mol. The van der Waals surface area contributed by atoms with Crippen molar-refractivity contribution >= 4 is 0 Å². The average Bonchev–Trinajstić information content (AvgIpc) is 2.99. The Hall–Kier alpha value is -2.35. The van der Waals surface area contributed by atoms with E-state index in [0.29, 0.717) is 5.89 Å². The molecule has 0 fully saturated rings. The second-order valence-electron chi connectivity index (χ2n) is 5.07. The van der Waals surface area contributed by atoms with Gasteiger partial charge in [-0.1, -0.05) is 30.3 Å². The Morgan fingerprint density at radius 3 is 2.35 bits per heavy atom. The van der Waals surface area contributed by atoms with Crippen LogP contribution in [0.25, 0.3) is 22.6 Å². The van der Waals surface area contributed by atoms with E-state index < -0.39 is 0 Å². The zero-order valence-corrected chi connectivity index (χ0v) is 12.0. The second-order valence-corrected chi connectivity index (χ2v) is 5.07. The van der Waals surface area contributed by atoms with Crippen LogP contribution in [0.3, 0.4) is 0 Å². The summed E-state index contributed by atoms with van der Waals surface area (Å²) < 4.78 is 5.52. The first kappa shape index (κ1) is 12.7. The Bertz CT molecular complexity index is 728. The Labute approximate surface area is 119 Å². The van der Waals surface area contributed by atoms with Crippen molar-refractivity contribution in [3.05, 3.63) is 65.5 Å². The predicted octanol–water partition coefficient (Wildman–Crippen LogP) is 4.93. The van der Waals surface area contributed by atoms with Crippen LogP contribution >= 0.6 is 0 Å². The van der Waals surface area contributed by atoms with Gasteiger partial charge < -0.3 is 4.42 Å². The van der Waals surface area contributed by atoms with Gasteiger partial charge in [0.1, 0.15) is 6.26 Å². The van der Waals surface area contributed by atoms with Crippen molar-refractivity contribution in [2.75, 3.05) is 0 Å². The largest absolute Gasteiger partial charge is 0.445 e. The fourth-order valence-corrected chi connectivity index (χ4v) is 2.58. The van der Waals surface area contributed by atoms with Gasteiger partial charge in [-0.2, -0.15) is 0 Å². The summed E-state index contributed by atoms with van der Waals surface area (Å²) in [7, 11) is 0. The monoisotopic (exact) mass is 263 g/mol. The van der Waals surface area contributed by atoms with E-state index in [1.807, 2.05) is 6.07 Å². The normalized spacial score (nSPS) is 10.8. The number of hydrogen-bond donors (Lipinski definition) is 0. The standard InChI is InChI=1S/C18H17NO/c1-12-11-16(18-19-9-10-20-18)17(14(3)13(12)2)15-7-5-4-6-8-15/h4-11H,1-3H3. The fourth-order valence-electron chi connectivity index (χ4n) is 2.58. The molecule has 3 rings (SSSR count). The SMILES string of the molecule is Cc1cc(-c2ncco2)c(-c2ccccc2)c(C)c1C. The first-order valence-corrected chi connectivity index (χ1v) is 6.74. The maximum Gasteiger partial charge on any atom is 0.226 e. The van der Waals surface area contributed by atoms with Gasteiger partial charge >= 0.3 is 0 Å². The summed E-state index contributed by atoms with van der Waals surface area (Å²) in [5.41, 5.74) is 7.32. The van der Waals surface area contributed by atoms with Gasteiger partial charge in [0.2, 0.25) is 5.89 Å². The van der Waals surface area contributed by atoms with E-state index in [4.69, 9.17) is 4.42 Å². The first-order chi connectivity index (χ1) is 9.68. The lowest BCUT2D eigenvalue weighted by Crippen LogP contribution is -1.95. The van der Waals surface area contributed by atoms with Crippen LogP contribution in [-0.4, -0.2) is 4.98 Å². The van der Waals surface area contributed by atoms with E-state index in [-0.39, 0.29) is 0 Å². The van der Waals surface area contributed by atoms with Crippen LogP contribution in [0.2, 0.25) is 0 Å².